The Morgan fingerprint density at radius 1 is 1.37 bits per heavy atom. The van der Waals surface area contributed by atoms with Gasteiger partial charge < -0.3 is 15.3 Å². The second-order valence-electron chi connectivity index (χ2n) is 6.13. The molecule has 110 valence electrons. The Labute approximate surface area is 116 Å². The maximum absolute atomic E-state index is 12.5. The predicted molar refractivity (Wildman–Crippen MR) is 75.9 cm³/mol. The van der Waals surface area contributed by atoms with E-state index in [0.29, 0.717) is 30.3 Å². The molecule has 0 radical (unpaired) electrons. The number of carbonyl (C=O) groups excluding carboxylic acids is 1. The first-order valence-electron chi connectivity index (χ1n) is 7.86. The van der Waals surface area contributed by atoms with Crippen molar-refractivity contribution in [2.45, 2.75) is 64.0 Å². The van der Waals surface area contributed by atoms with Crippen molar-refractivity contribution in [2.75, 3.05) is 19.7 Å². The molecule has 0 aliphatic carbocycles. The zero-order valence-corrected chi connectivity index (χ0v) is 12.1. The van der Waals surface area contributed by atoms with Crippen molar-refractivity contribution in [1.82, 2.24) is 10.2 Å². The fourth-order valence-corrected chi connectivity index (χ4v) is 3.48. The Kier molecular flexibility index (Phi) is 5.64. The molecule has 3 atom stereocenters. The molecule has 2 fully saturated rings. The van der Waals surface area contributed by atoms with E-state index >= 15 is 0 Å². The van der Waals surface area contributed by atoms with E-state index in [4.69, 9.17) is 5.11 Å². The van der Waals surface area contributed by atoms with Crippen molar-refractivity contribution in [2.24, 2.45) is 5.92 Å². The van der Waals surface area contributed by atoms with Crippen molar-refractivity contribution >= 4 is 5.91 Å². The van der Waals surface area contributed by atoms with E-state index in [1.807, 2.05) is 0 Å². The summed E-state index contributed by atoms with van der Waals surface area (Å²) < 4.78 is 0. The van der Waals surface area contributed by atoms with Crippen molar-refractivity contribution in [3.8, 4) is 0 Å². The van der Waals surface area contributed by atoms with Crippen LogP contribution in [0.3, 0.4) is 0 Å². The maximum Gasteiger partial charge on any atom is 0.224 e. The minimum Gasteiger partial charge on any atom is -0.396 e. The van der Waals surface area contributed by atoms with Crippen LogP contribution in [0.4, 0.5) is 0 Å². The molecule has 0 aromatic rings. The summed E-state index contributed by atoms with van der Waals surface area (Å²) in [6, 6.07) is 0.735. The third-order valence-electron chi connectivity index (χ3n) is 4.72. The molecule has 4 nitrogen and oxygen atoms in total. The van der Waals surface area contributed by atoms with Gasteiger partial charge in [-0.15, -0.1) is 0 Å². The number of piperidine rings is 1. The van der Waals surface area contributed by atoms with Crippen LogP contribution in [0, 0.1) is 5.92 Å². The van der Waals surface area contributed by atoms with E-state index in [9.17, 15) is 4.79 Å². The molecule has 2 N–H and O–H groups in total. The molecular weight excluding hydrogens is 240 g/mol. The lowest BCUT2D eigenvalue weighted by Crippen LogP contribution is -2.45. The smallest absolute Gasteiger partial charge is 0.224 e. The van der Waals surface area contributed by atoms with E-state index in [1.165, 1.54) is 12.8 Å². The number of rotatable bonds is 5. The van der Waals surface area contributed by atoms with Crippen LogP contribution in [0.2, 0.25) is 0 Å². The Morgan fingerprint density at radius 3 is 2.95 bits per heavy atom. The van der Waals surface area contributed by atoms with Crippen LogP contribution in [0.25, 0.3) is 0 Å². The molecule has 19 heavy (non-hydrogen) atoms. The zero-order valence-electron chi connectivity index (χ0n) is 12.1. The van der Waals surface area contributed by atoms with Gasteiger partial charge in [-0.1, -0.05) is 6.92 Å². The van der Waals surface area contributed by atoms with E-state index in [1.54, 1.807) is 0 Å². The van der Waals surface area contributed by atoms with Gasteiger partial charge in [-0.25, -0.2) is 0 Å². The summed E-state index contributed by atoms with van der Waals surface area (Å²) >= 11 is 0. The molecule has 4 heteroatoms. The first-order chi connectivity index (χ1) is 9.22. The summed E-state index contributed by atoms with van der Waals surface area (Å²) in [4.78, 5) is 14.5. The van der Waals surface area contributed by atoms with Gasteiger partial charge in [0.25, 0.3) is 0 Å². The number of amides is 1. The van der Waals surface area contributed by atoms with Gasteiger partial charge in [-0.05, 0) is 51.0 Å². The lowest BCUT2D eigenvalue weighted by atomic mass is 9.90. The molecule has 1 amide bonds. The Balaban J connectivity index is 1.84. The second-order valence-corrected chi connectivity index (χ2v) is 6.13. The molecule has 0 aromatic heterocycles. The average molecular weight is 268 g/mol. The SMILES string of the molecule is CC1CCCNC1CC(=O)N1CCCC1CCCO. The van der Waals surface area contributed by atoms with Crippen LogP contribution in [0.5, 0.6) is 0 Å². The minimum absolute atomic E-state index is 0.236. The molecule has 2 saturated heterocycles. The zero-order chi connectivity index (χ0) is 13.7. The fourth-order valence-electron chi connectivity index (χ4n) is 3.48. The Hall–Kier alpha value is -0.610. The van der Waals surface area contributed by atoms with E-state index < -0.39 is 0 Å². The molecule has 0 aromatic carbocycles. The molecule has 0 bridgehead atoms. The Bertz CT molecular complexity index is 296. The van der Waals surface area contributed by atoms with Gasteiger partial charge in [0.05, 0.1) is 0 Å². The predicted octanol–water partition coefficient (Wildman–Crippen LogP) is 1.53. The van der Waals surface area contributed by atoms with Crippen LogP contribution < -0.4 is 5.32 Å². The highest BCUT2D eigenvalue weighted by molar-refractivity contribution is 5.77. The lowest BCUT2D eigenvalue weighted by molar-refractivity contribution is -0.133. The fraction of sp³-hybridized carbons (Fsp3) is 0.933. The molecule has 0 saturated carbocycles. The van der Waals surface area contributed by atoms with Crippen molar-refractivity contribution in [1.29, 1.82) is 0 Å². The van der Waals surface area contributed by atoms with Crippen LogP contribution in [-0.2, 0) is 4.79 Å². The largest absolute Gasteiger partial charge is 0.396 e. The quantitative estimate of drug-likeness (QED) is 0.795. The van der Waals surface area contributed by atoms with Crippen LogP contribution in [0.1, 0.15) is 51.9 Å². The summed E-state index contributed by atoms with van der Waals surface area (Å²) in [5.41, 5.74) is 0. The summed E-state index contributed by atoms with van der Waals surface area (Å²) in [7, 11) is 0. The summed E-state index contributed by atoms with van der Waals surface area (Å²) in [5.74, 6) is 0.919. The van der Waals surface area contributed by atoms with Crippen molar-refractivity contribution in [3.63, 3.8) is 0 Å². The summed E-state index contributed by atoms with van der Waals surface area (Å²) in [6.45, 7) is 4.45. The highest BCUT2D eigenvalue weighted by atomic mass is 16.3. The highest BCUT2D eigenvalue weighted by Gasteiger charge is 2.31. The number of likely N-dealkylation sites (tertiary alicyclic amines) is 1. The van der Waals surface area contributed by atoms with Crippen LogP contribution >= 0.6 is 0 Å². The van der Waals surface area contributed by atoms with Crippen molar-refractivity contribution < 1.29 is 9.90 Å². The maximum atomic E-state index is 12.5. The third-order valence-corrected chi connectivity index (χ3v) is 4.72. The number of hydrogen-bond acceptors (Lipinski definition) is 3. The standard InChI is InChI=1S/C15H28N2O2/c1-12-5-2-8-16-14(12)11-15(19)17-9-3-6-13(17)7-4-10-18/h12-14,16,18H,2-11H2,1H3. The normalized spacial score (nSPS) is 31.7. The van der Waals surface area contributed by atoms with E-state index in [0.717, 1.165) is 38.8 Å². The number of nitrogens with one attached hydrogen (secondary N) is 1. The summed E-state index contributed by atoms with van der Waals surface area (Å²) in [5, 5.41) is 12.4. The lowest BCUT2D eigenvalue weighted by Gasteiger charge is -2.32. The number of aliphatic hydroxyl groups is 1. The molecule has 2 heterocycles. The van der Waals surface area contributed by atoms with Gasteiger partial charge in [-0.3, -0.25) is 4.79 Å². The third kappa shape index (κ3) is 3.93. The minimum atomic E-state index is 0.236. The van der Waals surface area contributed by atoms with Gasteiger partial charge in [0.15, 0.2) is 0 Å². The molecular formula is C15H28N2O2. The van der Waals surface area contributed by atoms with Gasteiger partial charge in [0.2, 0.25) is 5.91 Å². The van der Waals surface area contributed by atoms with Crippen LogP contribution in [-0.4, -0.2) is 47.7 Å². The molecule has 2 aliphatic heterocycles. The highest BCUT2D eigenvalue weighted by Crippen LogP contribution is 2.24. The van der Waals surface area contributed by atoms with E-state index in [-0.39, 0.29) is 6.61 Å². The second kappa shape index (κ2) is 7.25. The average Bonchev–Trinajstić information content (AvgIpc) is 2.87. The van der Waals surface area contributed by atoms with Gasteiger partial charge in [0, 0.05) is 31.7 Å². The van der Waals surface area contributed by atoms with Gasteiger partial charge in [0.1, 0.15) is 0 Å². The first-order valence-corrected chi connectivity index (χ1v) is 7.86. The number of hydrogen-bond donors (Lipinski definition) is 2. The first kappa shape index (κ1) is 14.8. The number of nitrogens with zero attached hydrogens (tertiary/aromatic N) is 1. The molecule has 3 unspecified atom stereocenters. The Morgan fingerprint density at radius 2 is 2.21 bits per heavy atom. The topological polar surface area (TPSA) is 52.6 Å². The molecule has 2 rings (SSSR count). The monoisotopic (exact) mass is 268 g/mol. The molecule has 0 spiro atoms. The number of carbonyl (C=O) groups is 1. The number of aliphatic hydroxyl groups excluding tert-OH is 1. The summed E-state index contributed by atoms with van der Waals surface area (Å²) in [6.07, 6.45) is 7.11. The van der Waals surface area contributed by atoms with Crippen LogP contribution in [0.15, 0.2) is 0 Å². The van der Waals surface area contributed by atoms with Gasteiger partial charge in [-0.2, -0.15) is 0 Å². The van der Waals surface area contributed by atoms with Crippen molar-refractivity contribution in [3.05, 3.63) is 0 Å². The van der Waals surface area contributed by atoms with E-state index in [2.05, 4.69) is 17.1 Å². The van der Waals surface area contributed by atoms with Gasteiger partial charge >= 0.3 is 0 Å². The molecule has 2 aliphatic rings.